The van der Waals surface area contributed by atoms with Crippen molar-refractivity contribution >= 4 is 5.91 Å². The van der Waals surface area contributed by atoms with Crippen LogP contribution in [-0.4, -0.2) is 36.0 Å². The Kier molecular flexibility index (Phi) is 4.85. The summed E-state index contributed by atoms with van der Waals surface area (Å²) in [6.07, 6.45) is 3.48. The lowest BCUT2D eigenvalue weighted by Crippen LogP contribution is -2.29. The van der Waals surface area contributed by atoms with E-state index in [1.165, 1.54) is 6.42 Å². The van der Waals surface area contributed by atoms with Gasteiger partial charge in [0.2, 0.25) is 5.91 Å². The summed E-state index contributed by atoms with van der Waals surface area (Å²) < 4.78 is 0. The number of nitrogens with zero attached hydrogens (tertiary/aromatic N) is 2. The molecule has 2 rings (SSSR count). The molecule has 0 radical (unpaired) electrons. The number of hydrogen-bond donors (Lipinski definition) is 2. The van der Waals surface area contributed by atoms with Crippen molar-refractivity contribution in [2.45, 2.75) is 38.5 Å². The second kappa shape index (κ2) is 6.61. The quantitative estimate of drug-likeness (QED) is 0.847. The first-order valence-electron chi connectivity index (χ1n) is 6.95. The Hall–Kier alpha value is -1.49. The van der Waals surface area contributed by atoms with Gasteiger partial charge in [0.1, 0.15) is 5.82 Å². The molecule has 1 atom stereocenters. The maximum atomic E-state index is 11.3. The molecule has 0 saturated carbocycles. The number of carbonyl (C=O) groups excluding carboxylic acids is 1. The third-order valence-corrected chi connectivity index (χ3v) is 3.47. The fourth-order valence-corrected chi connectivity index (χ4v) is 2.41. The minimum atomic E-state index is 0.0529. The summed E-state index contributed by atoms with van der Waals surface area (Å²) >= 11 is 0. The number of hydrogen-bond acceptors (Lipinski definition) is 4. The number of amides is 1. The van der Waals surface area contributed by atoms with E-state index in [2.05, 4.69) is 20.6 Å². The molecule has 2 heterocycles. The molecule has 0 spiro atoms. The van der Waals surface area contributed by atoms with Crippen molar-refractivity contribution in [1.82, 2.24) is 20.6 Å². The number of carbonyl (C=O) groups is 1. The Morgan fingerprint density at radius 2 is 2.37 bits per heavy atom. The molecule has 0 aromatic carbocycles. The van der Waals surface area contributed by atoms with Gasteiger partial charge in [-0.1, -0.05) is 0 Å². The van der Waals surface area contributed by atoms with Crippen LogP contribution in [0.2, 0.25) is 0 Å². The van der Waals surface area contributed by atoms with E-state index in [9.17, 15) is 4.79 Å². The summed E-state index contributed by atoms with van der Waals surface area (Å²) in [5.74, 6) is 1.39. The highest BCUT2D eigenvalue weighted by Crippen LogP contribution is 2.20. The maximum absolute atomic E-state index is 11.3. The van der Waals surface area contributed by atoms with Crippen LogP contribution < -0.4 is 10.6 Å². The van der Waals surface area contributed by atoms with Crippen LogP contribution in [0.5, 0.6) is 0 Å². The highest BCUT2D eigenvalue weighted by atomic mass is 16.1. The predicted molar refractivity (Wildman–Crippen MR) is 74.0 cm³/mol. The van der Waals surface area contributed by atoms with Crippen LogP contribution >= 0.6 is 0 Å². The molecule has 2 N–H and O–H groups in total. The Bertz CT molecular complexity index is 441. The largest absolute Gasteiger partial charge is 0.359 e. The molecule has 5 nitrogen and oxygen atoms in total. The van der Waals surface area contributed by atoms with E-state index in [0.717, 1.165) is 36.7 Å². The van der Waals surface area contributed by atoms with Gasteiger partial charge in [0.25, 0.3) is 0 Å². The summed E-state index contributed by atoms with van der Waals surface area (Å²) in [4.78, 5) is 20.5. The first-order chi connectivity index (χ1) is 9.19. The van der Waals surface area contributed by atoms with E-state index in [0.29, 0.717) is 18.8 Å². The average Bonchev–Trinajstić information content (AvgIpc) is 2.45. The van der Waals surface area contributed by atoms with E-state index in [4.69, 9.17) is 0 Å². The zero-order chi connectivity index (χ0) is 13.7. The average molecular weight is 262 g/mol. The monoisotopic (exact) mass is 262 g/mol. The van der Waals surface area contributed by atoms with E-state index in [-0.39, 0.29) is 5.91 Å². The fourth-order valence-electron chi connectivity index (χ4n) is 2.41. The Morgan fingerprint density at radius 1 is 1.53 bits per heavy atom. The summed E-state index contributed by atoms with van der Waals surface area (Å²) in [6.45, 7) is 4.04. The van der Waals surface area contributed by atoms with Crippen molar-refractivity contribution < 1.29 is 4.79 Å². The molecule has 1 aromatic rings. The molecule has 0 unspecified atom stereocenters. The van der Waals surface area contributed by atoms with Crippen LogP contribution in [0.4, 0.5) is 0 Å². The van der Waals surface area contributed by atoms with Gasteiger partial charge in [-0.3, -0.25) is 4.79 Å². The molecule has 0 bridgehead atoms. The van der Waals surface area contributed by atoms with Crippen molar-refractivity contribution in [3.8, 4) is 0 Å². The van der Waals surface area contributed by atoms with E-state index >= 15 is 0 Å². The van der Waals surface area contributed by atoms with Crippen LogP contribution in [0.1, 0.15) is 42.4 Å². The molecule has 5 heteroatoms. The second-order valence-corrected chi connectivity index (χ2v) is 5.08. The van der Waals surface area contributed by atoms with Crippen molar-refractivity contribution in [2.24, 2.45) is 0 Å². The molecule has 1 aliphatic rings. The smallest absolute Gasteiger partial charge is 0.220 e. The van der Waals surface area contributed by atoms with E-state index in [1.807, 2.05) is 13.0 Å². The predicted octanol–water partition coefficient (Wildman–Crippen LogP) is 0.931. The van der Waals surface area contributed by atoms with Crippen molar-refractivity contribution in [2.75, 3.05) is 20.1 Å². The van der Waals surface area contributed by atoms with E-state index < -0.39 is 0 Å². The zero-order valence-corrected chi connectivity index (χ0v) is 11.7. The molecular weight excluding hydrogens is 240 g/mol. The van der Waals surface area contributed by atoms with Crippen molar-refractivity contribution in [3.63, 3.8) is 0 Å². The van der Waals surface area contributed by atoms with Crippen LogP contribution in [0.25, 0.3) is 0 Å². The Labute approximate surface area is 114 Å². The third kappa shape index (κ3) is 3.99. The van der Waals surface area contributed by atoms with Crippen LogP contribution in [0.15, 0.2) is 6.07 Å². The van der Waals surface area contributed by atoms with Gasteiger partial charge in [0.05, 0.1) is 0 Å². The van der Waals surface area contributed by atoms with Gasteiger partial charge < -0.3 is 10.6 Å². The molecule has 104 valence electrons. The van der Waals surface area contributed by atoms with Gasteiger partial charge in [-0.05, 0) is 38.8 Å². The molecular formula is C14H22N4O. The van der Waals surface area contributed by atoms with Gasteiger partial charge >= 0.3 is 0 Å². The SMILES string of the molecule is CNC(=O)CCc1cc(C)nc([C@@H]2CCCNC2)n1. The fraction of sp³-hybridized carbons (Fsp3) is 0.643. The number of aryl methyl sites for hydroxylation is 2. The van der Waals surface area contributed by atoms with Gasteiger partial charge in [-0.15, -0.1) is 0 Å². The third-order valence-electron chi connectivity index (χ3n) is 3.47. The Balaban J connectivity index is 2.07. The van der Waals surface area contributed by atoms with Gasteiger partial charge in [-0.25, -0.2) is 9.97 Å². The van der Waals surface area contributed by atoms with Crippen molar-refractivity contribution in [1.29, 1.82) is 0 Å². The lowest BCUT2D eigenvalue weighted by Gasteiger charge is -2.22. The van der Waals surface area contributed by atoms with Gasteiger partial charge in [0.15, 0.2) is 0 Å². The number of piperidine rings is 1. The Morgan fingerprint density at radius 3 is 3.05 bits per heavy atom. The summed E-state index contributed by atoms with van der Waals surface area (Å²) in [5.41, 5.74) is 1.96. The van der Waals surface area contributed by atoms with Crippen LogP contribution in [0.3, 0.4) is 0 Å². The molecule has 1 aliphatic heterocycles. The van der Waals surface area contributed by atoms with Crippen molar-refractivity contribution in [3.05, 3.63) is 23.3 Å². The highest BCUT2D eigenvalue weighted by molar-refractivity contribution is 5.75. The van der Waals surface area contributed by atoms with Crippen LogP contribution in [0, 0.1) is 6.92 Å². The molecule has 19 heavy (non-hydrogen) atoms. The van der Waals surface area contributed by atoms with Gasteiger partial charge in [0, 0.05) is 37.3 Å². The second-order valence-electron chi connectivity index (χ2n) is 5.08. The molecule has 1 amide bonds. The maximum Gasteiger partial charge on any atom is 0.220 e. The normalized spacial score (nSPS) is 19.2. The van der Waals surface area contributed by atoms with Gasteiger partial charge in [-0.2, -0.15) is 0 Å². The standard InChI is InChI=1S/C14H22N4O/c1-10-8-12(5-6-13(19)15-2)18-14(17-10)11-4-3-7-16-9-11/h8,11,16H,3-7,9H2,1-2H3,(H,15,19)/t11-/m1/s1. The van der Waals surface area contributed by atoms with E-state index in [1.54, 1.807) is 7.05 Å². The lowest BCUT2D eigenvalue weighted by atomic mass is 9.98. The summed E-state index contributed by atoms with van der Waals surface area (Å²) in [7, 11) is 1.66. The number of rotatable bonds is 4. The topological polar surface area (TPSA) is 66.9 Å². The highest BCUT2D eigenvalue weighted by Gasteiger charge is 2.18. The minimum absolute atomic E-state index is 0.0529. The molecule has 1 fully saturated rings. The number of aromatic nitrogens is 2. The first-order valence-corrected chi connectivity index (χ1v) is 6.95. The van der Waals surface area contributed by atoms with Crippen LogP contribution in [-0.2, 0) is 11.2 Å². The minimum Gasteiger partial charge on any atom is -0.359 e. The molecule has 1 saturated heterocycles. The number of nitrogens with one attached hydrogen (secondary N) is 2. The lowest BCUT2D eigenvalue weighted by molar-refractivity contribution is -0.120. The summed E-state index contributed by atoms with van der Waals surface area (Å²) in [5, 5.41) is 6.02. The first kappa shape index (κ1) is 13.9. The molecule has 1 aromatic heterocycles. The summed E-state index contributed by atoms with van der Waals surface area (Å²) in [6, 6.07) is 1.97. The molecule has 0 aliphatic carbocycles. The zero-order valence-electron chi connectivity index (χ0n) is 11.7.